The molecule has 2 aromatic rings. The van der Waals surface area contributed by atoms with Crippen molar-refractivity contribution in [2.24, 2.45) is 0 Å². The van der Waals surface area contributed by atoms with Gasteiger partial charge in [-0.3, -0.25) is 13.9 Å². The maximum Gasteiger partial charge on any atom is 0.332 e. The Kier molecular flexibility index (Phi) is 5.15. The molecule has 0 aliphatic carbocycles. The second kappa shape index (κ2) is 6.89. The summed E-state index contributed by atoms with van der Waals surface area (Å²) < 4.78 is 9.70. The number of aromatic nitrogens is 4. The van der Waals surface area contributed by atoms with Crippen LogP contribution in [-0.4, -0.2) is 39.4 Å². The molecule has 0 aliphatic heterocycles. The fourth-order valence-corrected chi connectivity index (χ4v) is 2.63. The lowest BCUT2D eigenvalue weighted by Crippen LogP contribution is -2.40. The Balaban J connectivity index is 2.86. The minimum absolute atomic E-state index is 0.284. The van der Waals surface area contributed by atoms with E-state index in [0.29, 0.717) is 43.9 Å². The van der Waals surface area contributed by atoms with E-state index in [1.54, 1.807) is 14.0 Å². The molecule has 0 atom stereocenters. The molecule has 0 bridgehead atoms. The number of nitrogens with one attached hydrogen (secondary N) is 1. The van der Waals surface area contributed by atoms with E-state index in [-0.39, 0.29) is 11.2 Å². The molecule has 0 unspecified atom stereocenters. The van der Waals surface area contributed by atoms with Crippen LogP contribution in [0.4, 0.5) is 0 Å². The minimum Gasteiger partial charge on any atom is -0.383 e. The predicted octanol–water partition coefficient (Wildman–Crippen LogP) is -0.235. The van der Waals surface area contributed by atoms with Crippen molar-refractivity contribution >= 4 is 11.2 Å². The zero-order valence-electron chi connectivity index (χ0n) is 13.5. The molecule has 0 aliphatic rings. The molecule has 0 spiro atoms. The van der Waals surface area contributed by atoms with Gasteiger partial charge < -0.3 is 14.6 Å². The van der Waals surface area contributed by atoms with E-state index < -0.39 is 0 Å². The number of aryl methyl sites for hydroxylation is 1. The van der Waals surface area contributed by atoms with Gasteiger partial charge in [0.15, 0.2) is 11.2 Å². The van der Waals surface area contributed by atoms with Gasteiger partial charge in [-0.2, -0.15) is 0 Å². The molecule has 0 amide bonds. The van der Waals surface area contributed by atoms with Crippen LogP contribution in [-0.2, 0) is 30.9 Å². The molecule has 2 heterocycles. The summed E-state index contributed by atoms with van der Waals surface area (Å²) in [5.74, 6) is 0.747. The standard InChI is InChI=1S/C14H23N5O3/c1-5-17-10(9-15-3)16-12-11(17)13(20)18(6-2)14(21)19(12)7-8-22-4/h15H,5-9H2,1-4H3. The van der Waals surface area contributed by atoms with Gasteiger partial charge in [0.2, 0.25) is 0 Å². The first kappa shape index (κ1) is 16.4. The van der Waals surface area contributed by atoms with Gasteiger partial charge in [0.05, 0.1) is 19.7 Å². The van der Waals surface area contributed by atoms with E-state index in [1.165, 1.54) is 9.13 Å². The molecule has 8 nitrogen and oxygen atoms in total. The topological polar surface area (TPSA) is 83.1 Å². The molecule has 0 saturated heterocycles. The molecule has 0 fully saturated rings. The maximum absolute atomic E-state index is 12.6. The third-order valence-electron chi connectivity index (χ3n) is 3.68. The third-order valence-corrected chi connectivity index (χ3v) is 3.68. The van der Waals surface area contributed by atoms with Crippen molar-refractivity contribution in [3.8, 4) is 0 Å². The number of ether oxygens (including phenoxy) is 1. The smallest absolute Gasteiger partial charge is 0.332 e. The van der Waals surface area contributed by atoms with Crippen LogP contribution in [0.15, 0.2) is 9.59 Å². The Morgan fingerprint density at radius 1 is 1.14 bits per heavy atom. The summed E-state index contributed by atoms with van der Waals surface area (Å²) in [6, 6.07) is 0. The molecule has 2 aromatic heterocycles. The van der Waals surface area contributed by atoms with Crippen LogP contribution in [0.5, 0.6) is 0 Å². The summed E-state index contributed by atoms with van der Waals surface area (Å²) in [4.78, 5) is 29.7. The molecular formula is C14H23N5O3. The molecule has 1 N–H and O–H groups in total. The number of imidazole rings is 1. The second-order valence-electron chi connectivity index (χ2n) is 4.95. The van der Waals surface area contributed by atoms with Gasteiger partial charge in [-0.1, -0.05) is 0 Å². The zero-order chi connectivity index (χ0) is 16.3. The second-order valence-corrected chi connectivity index (χ2v) is 4.95. The number of hydrogen-bond donors (Lipinski definition) is 1. The Morgan fingerprint density at radius 2 is 1.82 bits per heavy atom. The van der Waals surface area contributed by atoms with E-state index in [2.05, 4.69) is 10.3 Å². The van der Waals surface area contributed by atoms with E-state index in [0.717, 1.165) is 5.82 Å². The number of rotatable bonds is 7. The van der Waals surface area contributed by atoms with Crippen molar-refractivity contribution in [3.63, 3.8) is 0 Å². The van der Waals surface area contributed by atoms with Crippen LogP contribution in [0.3, 0.4) is 0 Å². The van der Waals surface area contributed by atoms with Crippen molar-refractivity contribution in [2.45, 2.75) is 40.0 Å². The predicted molar refractivity (Wildman–Crippen MR) is 84.2 cm³/mol. The Labute approximate surface area is 128 Å². The monoisotopic (exact) mass is 309 g/mol. The quantitative estimate of drug-likeness (QED) is 0.763. The fraction of sp³-hybridized carbons (Fsp3) is 0.643. The molecule has 0 radical (unpaired) electrons. The summed E-state index contributed by atoms with van der Waals surface area (Å²) in [7, 11) is 3.40. The van der Waals surface area contributed by atoms with Crippen LogP contribution >= 0.6 is 0 Å². The lowest BCUT2D eigenvalue weighted by molar-refractivity contribution is 0.186. The van der Waals surface area contributed by atoms with Crippen molar-refractivity contribution in [1.82, 2.24) is 24.0 Å². The molecule has 2 rings (SSSR count). The van der Waals surface area contributed by atoms with Crippen molar-refractivity contribution in [3.05, 3.63) is 26.7 Å². The third kappa shape index (κ3) is 2.59. The summed E-state index contributed by atoms with van der Waals surface area (Å²) in [6.45, 7) is 5.98. The zero-order valence-corrected chi connectivity index (χ0v) is 13.5. The molecule has 122 valence electrons. The summed E-state index contributed by atoms with van der Waals surface area (Å²) in [6.07, 6.45) is 0. The lowest BCUT2D eigenvalue weighted by Gasteiger charge is -2.10. The highest BCUT2D eigenvalue weighted by atomic mass is 16.5. The first-order valence-electron chi connectivity index (χ1n) is 7.46. The Bertz CT molecular complexity index is 771. The molecule has 8 heteroatoms. The van der Waals surface area contributed by atoms with Crippen molar-refractivity contribution in [1.29, 1.82) is 0 Å². The van der Waals surface area contributed by atoms with Crippen LogP contribution in [0.25, 0.3) is 11.2 Å². The number of fused-ring (bicyclic) bond motifs is 1. The minimum atomic E-state index is -0.339. The average Bonchev–Trinajstić information content (AvgIpc) is 2.86. The highest BCUT2D eigenvalue weighted by Gasteiger charge is 2.19. The van der Waals surface area contributed by atoms with Gasteiger partial charge >= 0.3 is 5.69 Å². The number of methoxy groups -OCH3 is 1. The van der Waals surface area contributed by atoms with Gasteiger partial charge in [-0.15, -0.1) is 0 Å². The van der Waals surface area contributed by atoms with Gasteiger partial charge in [-0.05, 0) is 20.9 Å². The van der Waals surface area contributed by atoms with E-state index in [1.807, 2.05) is 18.5 Å². The lowest BCUT2D eigenvalue weighted by atomic mass is 10.4. The molecule has 0 saturated carbocycles. The van der Waals surface area contributed by atoms with E-state index in [9.17, 15) is 9.59 Å². The van der Waals surface area contributed by atoms with Crippen LogP contribution in [0, 0.1) is 0 Å². The Hall–Kier alpha value is -1.93. The SMILES string of the molecule is CCn1c(=O)c2c(nc(CNC)n2CC)n(CCOC)c1=O. The summed E-state index contributed by atoms with van der Waals surface area (Å²) in [5, 5.41) is 3.04. The fourth-order valence-electron chi connectivity index (χ4n) is 2.63. The van der Waals surface area contributed by atoms with Gasteiger partial charge in [0, 0.05) is 20.2 Å². The highest BCUT2D eigenvalue weighted by Crippen LogP contribution is 2.11. The summed E-state index contributed by atoms with van der Waals surface area (Å²) in [5.41, 5.74) is 0.288. The largest absolute Gasteiger partial charge is 0.383 e. The van der Waals surface area contributed by atoms with Gasteiger partial charge in [0.25, 0.3) is 5.56 Å². The first-order chi connectivity index (χ1) is 10.6. The van der Waals surface area contributed by atoms with Gasteiger partial charge in [0.1, 0.15) is 5.82 Å². The number of nitrogens with zero attached hydrogens (tertiary/aromatic N) is 4. The van der Waals surface area contributed by atoms with E-state index in [4.69, 9.17) is 4.74 Å². The average molecular weight is 309 g/mol. The Morgan fingerprint density at radius 3 is 2.36 bits per heavy atom. The summed E-state index contributed by atoms with van der Waals surface area (Å²) >= 11 is 0. The van der Waals surface area contributed by atoms with Gasteiger partial charge in [-0.25, -0.2) is 9.78 Å². The van der Waals surface area contributed by atoms with E-state index >= 15 is 0 Å². The first-order valence-corrected chi connectivity index (χ1v) is 7.46. The molecule has 0 aromatic carbocycles. The van der Waals surface area contributed by atoms with Crippen molar-refractivity contribution in [2.75, 3.05) is 20.8 Å². The van der Waals surface area contributed by atoms with Crippen LogP contribution < -0.4 is 16.6 Å². The maximum atomic E-state index is 12.6. The molecule has 22 heavy (non-hydrogen) atoms. The van der Waals surface area contributed by atoms with Crippen molar-refractivity contribution < 1.29 is 4.74 Å². The number of hydrogen-bond acceptors (Lipinski definition) is 5. The van der Waals surface area contributed by atoms with Crippen LogP contribution in [0.1, 0.15) is 19.7 Å². The van der Waals surface area contributed by atoms with Crippen LogP contribution in [0.2, 0.25) is 0 Å². The molecular weight excluding hydrogens is 286 g/mol. The normalized spacial score (nSPS) is 11.5. The highest BCUT2D eigenvalue weighted by molar-refractivity contribution is 5.71.